The molecule has 2 fully saturated rings. The Kier molecular flexibility index (Phi) is 6.99. The number of rotatable bonds is 6. The molecule has 8 nitrogen and oxygen atoms in total. The van der Waals surface area contributed by atoms with Crippen LogP contribution >= 0.6 is 11.6 Å². The number of para-hydroxylation sites is 1. The molecule has 6 rings (SSSR count). The van der Waals surface area contributed by atoms with Gasteiger partial charge >= 0.3 is 0 Å². The van der Waals surface area contributed by atoms with Crippen molar-refractivity contribution in [2.45, 2.75) is 25.3 Å². The molecule has 4 aromatic rings. The van der Waals surface area contributed by atoms with Crippen LogP contribution in [0.3, 0.4) is 0 Å². The third-order valence-corrected chi connectivity index (χ3v) is 7.30. The summed E-state index contributed by atoms with van der Waals surface area (Å²) in [4.78, 5) is 18.4. The van der Waals surface area contributed by atoms with Crippen LogP contribution in [0.1, 0.15) is 25.0 Å². The molecule has 2 aromatic heterocycles. The van der Waals surface area contributed by atoms with Crippen molar-refractivity contribution in [2.24, 2.45) is 0 Å². The van der Waals surface area contributed by atoms with E-state index in [0.29, 0.717) is 60.2 Å². The number of anilines is 3. The third-order valence-electron chi connectivity index (χ3n) is 7.05. The minimum Gasteiger partial charge on any atom is -0.382 e. The zero-order chi connectivity index (χ0) is 26.1. The molecule has 0 atom stereocenters. The molecule has 11 heteroatoms. The van der Waals surface area contributed by atoms with Crippen LogP contribution in [0.25, 0.3) is 16.9 Å². The monoisotopic (exact) mass is 539 g/mol. The van der Waals surface area contributed by atoms with Gasteiger partial charge < -0.3 is 19.9 Å². The van der Waals surface area contributed by atoms with E-state index in [1.54, 1.807) is 0 Å². The van der Waals surface area contributed by atoms with Gasteiger partial charge in [0.05, 0.1) is 24.4 Å². The van der Waals surface area contributed by atoms with Crippen LogP contribution in [-0.2, 0) is 4.74 Å². The summed E-state index contributed by atoms with van der Waals surface area (Å²) in [6.45, 7) is 3.84. The largest absolute Gasteiger partial charge is 0.382 e. The van der Waals surface area contributed by atoms with E-state index in [2.05, 4.69) is 10.2 Å². The molecule has 2 aromatic carbocycles. The standard InChI is InChI=1S/C27H28ClF2N7O/c28-19-5-7-20(8-6-19)31-21-9-11-35(12-10-21)25-32-26(36-13-15-38-16-14-36)34-27(33-25)37-22-4-2-1-3-18(22)17-23(37)24(29)30/h1-8,17,21,24,31H,9-16H2. The minimum absolute atomic E-state index is 0.137. The summed E-state index contributed by atoms with van der Waals surface area (Å²) in [5, 5.41) is 4.99. The Morgan fingerprint density at radius 1 is 0.842 bits per heavy atom. The van der Waals surface area contributed by atoms with Crippen LogP contribution in [-0.4, -0.2) is 65.0 Å². The van der Waals surface area contributed by atoms with E-state index in [0.717, 1.165) is 31.6 Å². The van der Waals surface area contributed by atoms with Gasteiger partial charge in [0.1, 0.15) is 0 Å². The van der Waals surface area contributed by atoms with Gasteiger partial charge in [-0.1, -0.05) is 29.8 Å². The molecule has 4 heterocycles. The van der Waals surface area contributed by atoms with Gasteiger partial charge in [-0.15, -0.1) is 0 Å². The molecular formula is C27H28ClF2N7O. The molecule has 0 radical (unpaired) electrons. The number of halogens is 3. The first-order valence-electron chi connectivity index (χ1n) is 12.8. The lowest BCUT2D eigenvalue weighted by Crippen LogP contribution is -2.41. The van der Waals surface area contributed by atoms with Crippen molar-refractivity contribution in [1.29, 1.82) is 0 Å². The predicted octanol–water partition coefficient (Wildman–Crippen LogP) is 5.32. The molecule has 0 aliphatic carbocycles. The number of hydrogen-bond donors (Lipinski definition) is 1. The fraction of sp³-hybridized carbons (Fsp3) is 0.370. The fourth-order valence-electron chi connectivity index (χ4n) is 5.06. The van der Waals surface area contributed by atoms with Crippen molar-refractivity contribution in [2.75, 3.05) is 54.5 Å². The number of fused-ring (bicyclic) bond motifs is 1. The van der Waals surface area contributed by atoms with Crippen molar-refractivity contribution >= 4 is 40.1 Å². The molecule has 1 N–H and O–H groups in total. The van der Waals surface area contributed by atoms with Crippen molar-refractivity contribution in [3.05, 3.63) is 65.3 Å². The number of morpholine rings is 1. The number of nitrogens with one attached hydrogen (secondary N) is 1. The highest BCUT2D eigenvalue weighted by Crippen LogP contribution is 2.31. The number of alkyl halides is 2. The second-order valence-electron chi connectivity index (χ2n) is 9.51. The molecule has 2 aliphatic rings. The van der Waals surface area contributed by atoms with Crippen LogP contribution in [0, 0.1) is 0 Å². The van der Waals surface area contributed by atoms with Gasteiger partial charge in [-0.25, -0.2) is 8.78 Å². The first kappa shape index (κ1) is 24.8. The van der Waals surface area contributed by atoms with Crippen molar-refractivity contribution in [3.63, 3.8) is 0 Å². The zero-order valence-corrected chi connectivity index (χ0v) is 21.5. The number of piperidine rings is 1. The maximum Gasteiger partial charge on any atom is 0.278 e. The maximum atomic E-state index is 14.2. The van der Waals surface area contributed by atoms with Crippen LogP contribution in [0.5, 0.6) is 0 Å². The first-order chi connectivity index (χ1) is 18.5. The summed E-state index contributed by atoms with van der Waals surface area (Å²) in [5.74, 6) is 1.18. The van der Waals surface area contributed by atoms with Crippen molar-refractivity contribution < 1.29 is 13.5 Å². The molecule has 2 saturated heterocycles. The second kappa shape index (κ2) is 10.7. The Labute approximate surface area is 224 Å². The number of nitrogens with zero attached hydrogens (tertiary/aromatic N) is 6. The minimum atomic E-state index is -2.68. The Bertz CT molecular complexity index is 1400. The number of aromatic nitrogens is 4. The highest BCUT2D eigenvalue weighted by molar-refractivity contribution is 6.30. The average Bonchev–Trinajstić information content (AvgIpc) is 3.35. The fourth-order valence-corrected chi connectivity index (χ4v) is 5.18. The summed E-state index contributed by atoms with van der Waals surface area (Å²) in [6.07, 6.45) is -0.916. The van der Waals surface area contributed by atoms with E-state index >= 15 is 0 Å². The van der Waals surface area contributed by atoms with Gasteiger partial charge in [-0.3, -0.25) is 4.57 Å². The van der Waals surface area contributed by atoms with E-state index in [1.807, 2.05) is 53.4 Å². The molecule has 0 bridgehead atoms. The van der Waals surface area contributed by atoms with Crippen LogP contribution in [0.15, 0.2) is 54.6 Å². The second-order valence-corrected chi connectivity index (χ2v) is 9.95. The predicted molar refractivity (Wildman–Crippen MR) is 145 cm³/mol. The highest BCUT2D eigenvalue weighted by atomic mass is 35.5. The van der Waals surface area contributed by atoms with E-state index in [-0.39, 0.29) is 11.6 Å². The lowest BCUT2D eigenvalue weighted by atomic mass is 10.0. The molecule has 0 unspecified atom stereocenters. The summed E-state index contributed by atoms with van der Waals surface area (Å²) in [6, 6.07) is 16.8. The maximum absolute atomic E-state index is 14.2. The lowest BCUT2D eigenvalue weighted by molar-refractivity contribution is 0.122. The van der Waals surface area contributed by atoms with Gasteiger partial charge in [0.2, 0.25) is 17.8 Å². The van der Waals surface area contributed by atoms with Crippen molar-refractivity contribution in [1.82, 2.24) is 19.5 Å². The number of ether oxygens (including phenoxy) is 1. The van der Waals surface area contributed by atoms with Gasteiger partial charge in [0, 0.05) is 48.3 Å². The topological polar surface area (TPSA) is 71.3 Å². The number of hydrogen-bond acceptors (Lipinski definition) is 7. The van der Waals surface area contributed by atoms with Gasteiger partial charge in [0.25, 0.3) is 6.43 Å². The van der Waals surface area contributed by atoms with Crippen LogP contribution in [0.2, 0.25) is 5.02 Å². The summed E-state index contributed by atoms with van der Waals surface area (Å²) in [7, 11) is 0. The van der Waals surface area contributed by atoms with Gasteiger partial charge in [-0.05, 0) is 49.2 Å². The van der Waals surface area contributed by atoms with Gasteiger partial charge in [0.15, 0.2) is 0 Å². The number of benzene rings is 2. The smallest absolute Gasteiger partial charge is 0.278 e. The lowest BCUT2D eigenvalue weighted by Gasteiger charge is -2.34. The Hall–Kier alpha value is -3.50. The molecule has 38 heavy (non-hydrogen) atoms. The van der Waals surface area contributed by atoms with Crippen molar-refractivity contribution in [3.8, 4) is 5.95 Å². The van der Waals surface area contributed by atoms with E-state index < -0.39 is 6.43 Å². The SMILES string of the molecule is FC(F)c1cc2ccccc2n1-c1nc(N2CCOCC2)nc(N2CCC(Nc3ccc(Cl)cc3)CC2)n1. The molecule has 0 amide bonds. The van der Waals surface area contributed by atoms with Crippen LogP contribution < -0.4 is 15.1 Å². The molecule has 0 spiro atoms. The molecule has 0 saturated carbocycles. The van der Waals surface area contributed by atoms with E-state index in [1.165, 1.54) is 10.6 Å². The Morgan fingerprint density at radius 2 is 1.47 bits per heavy atom. The third kappa shape index (κ3) is 5.10. The van der Waals surface area contributed by atoms with E-state index in [9.17, 15) is 8.78 Å². The van der Waals surface area contributed by atoms with Gasteiger partial charge in [-0.2, -0.15) is 15.0 Å². The summed E-state index contributed by atoms with van der Waals surface area (Å²) in [5.41, 5.74) is 1.53. The average molecular weight is 540 g/mol. The summed E-state index contributed by atoms with van der Waals surface area (Å²) < 4.78 is 35.3. The normalized spacial score (nSPS) is 16.9. The quantitative estimate of drug-likeness (QED) is 0.355. The zero-order valence-electron chi connectivity index (χ0n) is 20.7. The van der Waals surface area contributed by atoms with Crippen LogP contribution in [0.4, 0.5) is 26.4 Å². The Morgan fingerprint density at radius 3 is 2.16 bits per heavy atom. The molecule has 198 valence electrons. The molecular weight excluding hydrogens is 512 g/mol. The summed E-state index contributed by atoms with van der Waals surface area (Å²) >= 11 is 6.01. The first-order valence-corrected chi connectivity index (χ1v) is 13.2. The molecule has 2 aliphatic heterocycles. The highest BCUT2D eigenvalue weighted by Gasteiger charge is 2.26. The Balaban J connectivity index is 1.32. The van der Waals surface area contributed by atoms with E-state index in [4.69, 9.17) is 31.3 Å².